The first kappa shape index (κ1) is 24.3. The number of hydrogen-bond acceptors (Lipinski definition) is 3. The number of hydrogen-bond donors (Lipinski definition) is 0. The molecule has 1 amide bonds. The van der Waals surface area contributed by atoms with Crippen LogP contribution in [0, 0.1) is 0 Å². The number of nitrogens with zero attached hydrogens (tertiary/aromatic N) is 2. The normalized spacial score (nSPS) is 16.4. The zero-order chi connectivity index (χ0) is 23.6. The summed E-state index contributed by atoms with van der Waals surface area (Å²) in [5.41, 5.74) is 3.19. The average molecular weight is 447 g/mol. The molecule has 2 heterocycles. The van der Waals surface area contributed by atoms with E-state index in [-0.39, 0.29) is 23.8 Å². The third kappa shape index (κ3) is 6.35. The summed E-state index contributed by atoms with van der Waals surface area (Å²) in [6, 6.07) is 23.7. The number of pyridine rings is 1. The molecule has 1 saturated heterocycles. The predicted molar refractivity (Wildman–Crippen MR) is 133 cm³/mol. The van der Waals surface area contributed by atoms with Crippen molar-refractivity contribution >= 4 is 6.09 Å². The van der Waals surface area contributed by atoms with Gasteiger partial charge in [-0.2, -0.15) is 0 Å². The summed E-state index contributed by atoms with van der Waals surface area (Å²) < 4.78 is 7.24. The van der Waals surface area contributed by atoms with Gasteiger partial charge >= 0.3 is 6.09 Å². The minimum Gasteiger partial charge on any atom is -0.446 e. The van der Waals surface area contributed by atoms with Crippen molar-refractivity contribution in [1.29, 1.82) is 0 Å². The molecule has 2 atom stereocenters. The first-order chi connectivity index (χ1) is 16.1. The van der Waals surface area contributed by atoms with E-state index in [1.807, 2.05) is 67.4 Å². The van der Waals surface area contributed by atoms with Crippen molar-refractivity contribution in [2.24, 2.45) is 0 Å². The molecule has 174 valence electrons. The van der Waals surface area contributed by atoms with Gasteiger partial charge in [0.2, 0.25) is 0 Å². The highest BCUT2D eigenvalue weighted by molar-refractivity contribution is 5.69. The molecule has 2 unspecified atom stereocenters. The summed E-state index contributed by atoms with van der Waals surface area (Å²) in [4.78, 5) is 26.0. The first-order valence-electron chi connectivity index (χ1n) is 11.8. The number of rotatable bonds is 6. The molecule has 0 N–H and O–H groups in total. The molecule has 1 aliphatic rings. The first-order valence-corrected chi connectivity index (χ1v) is 11.8. The summed E-state index contributed by atoms with van der Waals surface area (Å²) in [5.74, 6) is 0. The summed E-state index contributed by atoms with van der Waals surface area (Å²) >= 11 is 0. The van der Waals surface area contributed by atoms with E-state index >= 15 is 0 Å². The van der Waals surface area contributed by atoms with Gasteiger partial charge in [0.15, 0.2) is 0 Å². The van der Waals surface area contributed by atoms with Gasteiger partial charge in [-0.3, -0.25) is 4.79 Å². The second kappa shape index (κ2) is 12.0. The maximum atomic E-state index is 12.4. The van der Waals surface area contributed by atoms with E-state index in [1.165, 1.54) is 0 Å². The zero-order valence-corrected chi connectivity index (χ0v) is 19.8. The Morgan fingerprint density at radius 2 is 1.48 bits per heavy atom. The van der Waals surface area contributed by atoms with E-state index in [4.69, 9.17) is 4.74 Å². The molecule has 0 spiro atoms. The van der Waals surface area contributed by atoms with Crippen molar-refractivity contribution in [2.45, 2.75) is 58.7 Å². The Morgan fingerprint density at radius 1 is 0.879 bits per heavy atom. The van der Waals surface area contributed by atoms with Gasteiger partial charge < -0.3 is 14.2 Å². The van der Waals surface area contributed by atoms with Crippen molar-refractivity contribution in [1.82, 2.24) is 9.47 Å². The van der Waals surface area contributed by atoms with Crippen molar-refractivity contribution in [3.8, 4) is 11.1 Å². The van der Waals surface area contributed by atoms with Crippen molar-refractivity contribution in [2.75, 3.05) is 6.54 Å². The second-order valence-electron chi connectivity index (χ2n) is 8.14. The van der Waals surface area contributed by atoms with Crippen molar-refractivity contribution in [3.63, 3.8) is 0 Å². The highest BCUT2D eigenvalue weighted by atomic mass is 16.6. The number of cyclic esters (lactones) is 1. The van der Waals surface area contributed by atoms with Crippen LogP contribution in [0.3, 0.4) is 0 Å². The predicted octanol–water partition coefficient (Wildman–Crippen LogP) is 6.29. The Morgan fingerprint density at radius 3 is 2.00 bits per heavy atom. The lowest BCUT2D eigenvalue weighted by Crippen LogP contribution is -2.43. The fraction of sp³-hybridized carbons (Fsp3) is 0.357. The number of benzene rings is 2. The maximum absolute atomic E-state index is 12.4. The molecule has 5 nitrogen and oxygen atoms in total. The van der Waals surface area contributed by atoms with Crippen LogP contribution in [0.25, 0.3) is 11.1 Å². The van der Waals surface area contributed by atoms with Gasteiger partial charge in [-0.15, -0.1) is 0 Å². The maximum Gasteiger partial charge on any atom is 0.410 e. The lowest BCUT2D eigenvalue weighted by molar-refractivity contribution is 0.00884. The van der Waals surface area contributed by atoms with E-state index in [0.29, 0.717) is 6.54 Å². The van der Waals surface area contributed by atoms with E-state index in [1.54, 1.807) is 10.6 Å². The van der Waals surface area contributed by atoms with E-state index in [2.05, 4.69) is 31.2 Å². The Bertz CT molecular complexity index is 1030. The van der Waals surface area contributed by atoms with Gasteiger partial charge in [0, 0.05) is 31.8 Å². The molecule has 4 rings (SSSR count). The Labute approximate surface area is 196 Å². The Hall–Kier alpha value is -3.34. The lowest BCUT2D eigenvalue weighted by atomic mass is 9.98. The highest BCUT2D eigenvalue weighted by Gasteiger charge is 2.31. The molecular formula is C28H34N2O3. The molecule has 1 aliphatic heterocycles. The van der Waals surface area contributed by atoms with Gasteiger partial charge in [0.1, 0.15) is 6.10 Å². The molecule has 1 aromatic heterocycles. The van der Waals surface area contributed by atoms with E-state index in [9.17, 15) is 9.59 Å². The van der Waals surface area contributed by atoms with Gasteiger partial charge in [0.05, 0.1) is 6.04 Å². The van der Waals surface area contributed by atoms with Gasteiger partial charge in [0.25, 0.3) is 5.56 Å². The van der Waals surface area contributed by atoms with Crippen LogP contribution < -0.4 is 5.56 Å². The van der Waals surface area contributed by atoms with E-state index in [0.717, 1.165) is 42.5 Å². The highest BCUT2D eigenvalue weighted by Crippen LogP contribution is 2.30. The third-order valence-electron chi connectivity index (χ3n) is 6.03. The topological polar surface area (TPSA) is 51.5 Å². The number of amides is 1. The standard InChI is InChI=1S/C22H28N2O3.C6H6/c1-4-19-13-14-24(22(26)27-19)20(5-2)17-9-7-16(8-10-17)18-11-12-21(25)23(6-3)15-18;1-2-4-6-5-3-1/h7-12,15,19-20H,4-6,13-14H2,1-3H3;1-6H. The molecule has 0 saturated carbocycles. The number of aryl methyl sites for hydroxylation is 1. The molecule has 33 heavy (non-hydrogen) atoms. The van der Waals surface area contributed by atoms with Crippen LogP contribution in [-0.4, -0.2) is 28.2 Å². The number of aromatic nitrogens is 1. The molecule has 0 radical (unpaired) electrons. The van der Waals surface area contributed by atoms with Crippen LogP contribution in [0.15, 0.2) is 83.8 Å². The summed E-state index contributed by atoms with van der Waals surface area (Å²) in [5, 5.41) is 0. The molecule has 0 aliphatic carbocycles. The van der Waals surface area contributed by atoms with Gasteiger partial charge in [-0.25, -0.2) is 4.79 Å². The average Bonchev–Trinajstić information content (AvgIpc) is 2.87. The Balaban J connectivity index is 0.000000442. The second-order valence-corrected chi connectivity index (χ2v) is 8.14. The SMILES string of the molecule is CCC1CCN(C(CC)c2ccc(-c3ccc(=O)n(CC)c3)cc2)C(=O)O1.c1ccccc1. The zero-order valence-electron chi connectivity index (χ0n) is 19.8. The number of ether oxygens (including phenoxy) is 1. The molecule has 1 fully saturated rings. The van der Waals surface area contributed by atoms with Crippen molar-refractivity contribution in [3.05, 3.63) is 94.9 Å². The molecule has 0 bridgehead atoms. The van der Waals surface area contributed by atoms with Crippen LogP contribution in [0.1, 0.15) is 51.6 Å². The van der Waals surface area contributed by atoms with Crippen LogP contribution >= 0.6 is 0 Å². The molecule has 3 aromatic rings. The molecule has 5 heteroatoms. The molecule has 2 aromatic carbocycles. The smallest absolute Gasteiger partial charge is 0.410 e. The minimum absolute atomic E-state index is 0.0120. The monoisotopic (exact) mass is 446 g/mol. The fourth-order valence-corrected chi connectivity index (χ4v) is 4.08. The van der Waals surface area contributed by atoms with Crippen LogP contribution in [0.4, 0.5) is 4.79 Å². The van der Waals surface area contributed by atoms with Gasteiger partial charge in [-0.05, 0) is 42.5 Å². The quantitative estimate of drug-likeness (QED) is 0.447. The fourth-order valence-electron chi connectivity index (χ4n) is 4.08. The summed E-state index contributed by atoms with van der Waals surface area (Å²) in [6.45, 7) is 7.48. The number of carbonyl (C=O) groups is 1. The minimum atomic E-state index is -0.209. The van der Waals surface area contributed by atoms with Crippen LogP contribution in [0.5, 0.6) is 0 Å². The van der Waals surface area contributed by atoms with Crippen LogP contribution in [-0.2, 0) is 11.3 Å². The number of carbonyl (C=O) groups excluding carboxylic acids is 1. The van der Waals surface area contributed by atoms with E-state index < -0.39 is 0 Å². The van der Waals surface area contributed by atoms with Crippen LogP contribution in [0.2, 0.25) is 0 Å². The lowest BCUT2D eigenvalue weighted by Gasteiger charge is -2.36. The molecular weight excluding hydrogens is 412 g/mol. The van der Waals surface area contributed by atoms with Crippen molar-refractivity contribution < 1.29 is 9.53 Å². The summed E-state index contributed by atoms with van der Waals surface area (Å²) in [7, 11) is 0. The third-order valence-corrected chi connectivity index (χ3v) is 6.03. The Kier molecular flexibility index (Phi) is 8.87. The summed E-state index contributed by atoms with van der Waals surface area (Å²) in [6.07, 6.45) is 4.32. The largest absolute Gasteiger partial charge is 0.446 e. The van der Waals surface area contributed by atoms with Gasteiger partial charge in [-0.1, -0.05) is 74.5 Å².